The first-order chi connectivity index (χ1) is 6.89. The van der Waals surface area contributed by atoms with Gasteiger partial charge >= 0.3 is 0 Å². The first-order valence-corrected chi connectivity index (χ1v) is 4.69. The Bertz CT molecular complexity index is 152. The molecule has 0 atom stereocenters. The molecule has 6 nitrogen and oxygen atoms in total. The van der Waals surface area contributed by atoms with Crippen LogP contribution in [0, 0.1) is 5.41 Å². The molecule has 0 saturated heterocycles. The lowest BCUT2D eigenvalue weighted by Gasteiger charge is -2.26. The van der Waals surface area contributed by atoms with Crippen LogP contribution in [0.1, 0.15) is 20.8 Å². The summed E-state index contributed by atoms with van der Waals surface area (Å²) in [6.45, 7) is 3.94. The highest BCUT2D eigenvalue weighted by Crippen LogP contribution is 2.16. The third kappa shape index (κ3) is 6.03. The minimum Gasteiger partial charge on any atom is -0.396 e. The van der Waals surface area contributed by atoms with Gasteiger partial charge in [-0.1, -0.05) is 5.04 Å². The normalized spacial score (nSPS) is 13.2. The molecule has 0 fully saturated rings. The van der Waals surface area contributed by atoms with Gasteiger partial charge in [0.05, 0.1) is 37.4 Å². The van der Waals surface area contributed by atoms with Gasteiger partial charge in [-0.3, -0.25) is 0 Å². The zero-order valence-electron chi connectivity index (χ0n) is 9.39. The third-order valence-corrected chi connectivity index (χ3v) is 1.70. The second kappa shape index (κ2) is 6.37. The molecule has 3 N–H and O–H groups in total. The minimum absolute atomic E-state index is 0.160. The van der Waals surface area contributed by atoms with Crippen molar-refractivity contribution in [2.75, 3.05) is 26.4 Å². The van der Waals surface area contributed by atoms with Crippen LogP contribution in [0.5, 0.6) is 0 Å². The van der Waals surface area contributed by atoms with E-state index < -0.39 is 30.8 Å². The number of hydrogen-bond acceptors (Lipinski definition) is 6. The van der Waals surface area contributed by atoms with E-state index in [4.69, 9.17) is 20.2 Å². The van der Waals surface area contributed by atoms with Gasteiger partial charge < -0.3 is 15.3 Å². The Morgan fingerprint density at radius 3 is 1.73 bits per heavy atom. The molecule has 0 aliphatic heterocycles. The molecule has 0 amide bonds. The topological polar surface area (TPSA) is 88.4 Å². The van der Waals surface area contributed by atoms with Crippen molar-refractivity contribution in [2.24, 2.45) is 5.41 Å². The van der Waals surface area contributed by atoms with E-state index in [0.29, 0.717) is 0 Å². The quantitative estimate of drug-likeness (QED) is 0.310. The molecule has 0 bridgehead atoms. The summed E-state index contributed by atoms with van der Waals surface area (Å²) in [5.74, 6) is 0. The van der Waals surface area contributed by atoms with Crippen LogP contribution in [-0.4, -0.2) is 47.3 Å². The SMILES string of the molecule is CC(C)(C)OOOCC(CO)(CO)CO. The van der Waals surface area contributed by atoms with Gasteiger partial charge in [0.15, 0.2) is 0 Å². The van der Waals surface area contributed by atoms with Gasteiger partial charge in [-0.2, -0.15) is 0 Å². The molecule has 15 heavy (non-hydrogen) atoms. The summed E-state index contributed by atoms with van der Waals surface area (Å²) in [7, 11) is 0. The van der Waals surface area contributed by atoms with Gasteiger partial charge in [0, 0.05) is 0 Å². The van der Waals surface area contributed by atoms with Gasteiger partial charge in [-0.15, -0.1) is 0 Å². The summed E-state index contributed by atoms with van der Waals surface area (Å²) in [5, 5.41) is 31.2. The molecule has 0 heterocycles. The van der Waals surface area contributed by atoms with E-state index in [9.17, 15) is 0 Å². The molecule has 0 aliphatic carbocycles. The molecule has 0 unspecified atom stereocenters. The van der Waals surface area contributed by atoms with E-state index in [1.807, 2.05) is 0 Å². The molecule has 0 aromatic rings. The van der Waals surface area contributed by atoms with E-state index in [-0.39, 0.29) is 6.61 Å². The van der Waals surface area contributed by atoms with E-state index >= 15 is 0 Å². The molecule has 92 valence electrons. The van der Waals surface area contributed by atoms with Crippen molar-refractivity contribution < 1.29 is 30.1 Å². The van der Waals surface area contributed by atoms with Gasteiger partial charge in [-0.25, -0.2) is 9.78 Å². The van der Waals surface area contributed by atoms with E-state index in [2.05, 4.69) is 9.93 Å². The van der Waals surface area contributed by atoms with Crippen LogP contribution in [0.4, 0.5) is 0 Å². The second-order valence-corrected chi connectivity index (χ2v) is 4.50. The maximum atomic E-state index is 8.94. The Morgan fingerprint density at radius 2 is 1.40 bits per heavy atom. The molecule has 0 aromatic carbocycles. The maximum absolute atomic E-state index is 8.94. The Morgan fingerprint density at radius 1 is 0.933 bits per heavy atom. The first kappa shape index (κ1) is 14.8. The summed E-state index contributed by atoms with van der Waals surface area (Å²) in [6, 6.07) is 0. The summed E-state index contributed by atoms with van der Waals surface area (Å²) in [4.78, 5) is 9.44. The van der Waals surface area contributed by atoms with E-state index in [1.54, 1.807) is 20.8 Å². The average Bonchev–Trinajstić information content (AvgIpc) is 2.18. The highest BCUT2D eigenvalue weighted by Gasteiger charge is 2.29. The average molecular weight is 224 g/mol. The molecular formula is C9H20O6. The fraction of sp³-hybridized carbons (Fsp3) is 1.00. The van der Waals surface area contributed by atoms with Crippen LogP contribution in [0.15, 0.2) is 0 Å². The Balaban J connectivity index is 3.82. The van der Waals surface area contributed by atoms with Crippen LogP contribution < -0.4 is 0 Å². The zero-order chi connectivity index (χ0) is 11.9. The monoisotopic (exact) mass is 224 g/mol. The number of aliphatic hydroxyl groups excluding tert-OH is 3. The third-order valence-electron chi connectivity index (χ3n) is 1.70. The number of aliphatic hydroxyl groups is 3. The Hall–Kier alpha value is -0.240. The lowest BCUT2D eigenvalue weighted by atomic mass is 9.93. The van der Waals surface area contributed by atoms with Crippen LogP contribution in [0.2, 0.25) is 0 Å². The van der Waals surface area contributed by atoms with Crippen molar-refractivity contribution in [3.05, 3.63) is 0 Å². The van der Waals surface area contributed by atoms with Crippen molar-refractivity contribution in [1.29, 1.82) is 0 Å². The van der Waals surface area contributed by atoms with Crippen molar-refractivity contribution in [3.63, 3.8) is 0 Å². The smallest absolute Gasteiger partial charge is 0.0983 e. The summed E-state index contributed by atoms with van der Waals surface area (Å²) in [5.41, 5.74) is -1.62. The van der Waals surface area contributed by atoms with Crippen molar-refractivity contribution in [2.45, 2.75) is 26.4 Å². The fourth-order valence-electron chi connectivity index (χ4n) is 0.562. The maximum Gasteiger partial charge on any atom is 0.0983 e. The van der Waals surface area contributed by atoms with Crippen molar-refractivity contribution in [1.82, 2.24) is 0 Å². The number of hydrogen-bond donors (Lipinski definition) is 3. The first-order valence-electron chi connectivity index (χ1n) is 4.69. The lowest BCUT2D eigenvalue weighted by Crippen LogP contribution is -2.39. The molecule has 0 radical (unpaired) electrons. The highest BCUT2D eigenvalue weighted by molar-refractivity contribution is 4.75. The van der Waals surface area contributed by atoms with Crippen molar-refractivity contribution >= 4 is 0 Å². The Labute approximate surface area is 89.2 Å². The molecule has 0 saturated carbocycles. The fourth-order valence-corrected chi connectivity index (χ4v) is 0.562. The molecule has 0 aromatic heterocycles. The second-order valence-electron chi connectivity index (χ2n) is 4.50. The largest absolute Gasteiger partial charge is 0.396 e. The van der Waals surface area contributed by atoms with Crippen LogP contribution >= 0.6 is 0 Å². The van der Waals surface area contributed by atoms with Crippen molar-refractivity contribution in [3.8, 4) is 0 Å². The predicted molar refractivity (Wildman–Crippen MR) is 51.6 cm³/mol. The van der Waals surface area contributed by atoms with E-state index in [0.717, 1.165) is 0 Å². The summed E-state index contributed by atoms with van der Waals surface area (Å²) < 4.78 is 0. The van der Waals surface area contributed by atoms with Gasteiger partial charge in [0.1, 0.15) is 0 Å². The lowest BCUT2D eigenvalue weighted by molar-refractivity contribution is -0.543. The predicted octanol–water partition coefficient (Wildman–Crippen LogP) is -0.372. The minimum atomic E-state index is -1.11. The van der Waals surface area contributed by atoms with Crippen LogP contribution in [0.3, 0.4) is 0 Å². The molecule has 6 heteroatoms. The standard InChI is InChI=1S/C9H20O6/c1-8(2,3)14-15-13-7-9(4-10,5-11)6-12/h10-12H,4-7H2,1-3H3. The van der Waals surface area contributed by atoms with Gasteiger partial charge in [-0.05, 0) is 20.8 Å². The zero-order valence-corrected chi connectivity index (χ0v) is 9.39. The van der Waals surface area contributed by atoms with Gasteiger partial charge in [0.25, 0.3) is 0 Å². The molecule has 0 spiro atoms. The van der Waals surface area contributed by atoms with Crippen LogP contribution in [-0.2, 0) is 14.8 Å². The molecular weight excluding hydrogens is 204 g/mol. The van der Waals surface area contributed by atoms with E-state index in [1.165, 1.54) is 0 Å². The highest BCUT2D eigenvalue weighted by atomic mass is 17.5. The summed E-state index contributed by atoms with van der Waals surface area (Å²) >= 11 is 0. The van der Waals surface area contributed by atoms with Crippen LogP contribution in [0.25, 0.3) is 0 Å². The summed E-state index contributed by atoms with van der Waals surface area (Å²) in [6.07, 6.45) is 0. The van der Waals surface area contributed by atoms with Gasteiger partial charge in [0.2, 0.25) is 0 Å². The molecule has 0 aliphatic rings. The molecule has 0 rings (SSSR count). The Kier molecular flexibility index (Phi) is 6.26. The number of rotatable bonds is 7.